The highest BCUT2D eigenvalue weighted by Crippen LogP contribution is 2.41. The molecule has 0 saturated heterocycles. The summed E-state index contributed by atoms with van der Waals surface area (Å²) in [6.45, 7) is 1.93. The summed E-state index contributed by atoms with van der Waals surface area (Å²) in [7, 11) is 4.95. The molecule has 32 heavy (non-hydrogen) atoms. The molecule has 170 valence electrons. The number of rotatable bonds is 7. The Morgan fingerprint density at radius 1 is 1.44 bits per heavy atom. The Morgan fingerprint density at radius 2 is 2.16 bits per heavy atom. The van der Waals surface area contributed by atoms with Crippen molar-refractivity contribution in [3.63, 3.8) is 0 Å². The minimum atomic E-state index is -1.22. The number of fused-ring (bicyclic) bond motifs is 1. The van der Waals surface area contributed by atoms with Gasteiger partial charge in [0.15, 0.2) is 0 Å². The number of aromatic nitrogens is 1. The number of nitrogens with zero attached hydrogens (tertiary/aromatic N) is 1. The van der Waals surface area contributed by atoms with Gasteiger partial charge in [-0.1, -0.05) is 23.3 Å². The smallest absolute Gasteiger partial charge is 0.258 e. The van der Waals surface area contributed by atoms with Crippen molar-refractivity contribution in [1.82, 2.24) is 9.88 Å². The summed E-state index contributed by atoms with van der Waals surface area (Å²) >= 11 is -1.22. The van der Waals surface area contributed by atoms with Crippen molar-refractivity contribution in [3.05, 3.63) is 75.6 Å². The molecule has 8 heteroatoms. The minimum absolute atomic E-state index is 0.0894. The standard InChI is InChI=1S/C24H28FN3O3S/c1-24(10-16(14-32(5)30)21(25)9-22(24)31-4)20-13-28(3)23(29)18-7-6-15(8-19(18)20)17(11-26)12-27-2/h6-13,22,26-27H,14H2,1-5H3/b17-12+,26-11?. The lowest BCUT2D eigenvalue weighted by atomic mass is 9.72. The van der Waals surface area contributed by atoms with Crippen LogP contribution in [0.25, 0.3) is 16.3 Å². The van der Waals surface area contributed by atoms with Crippen LogP contribution in [0.15, 0.2) is 58.9 Å². The SMILES string of the molecule is CN/C=C(\C=N)c1ccc2c(=O)n(C)cc(C3(C)C=C(C[S+](C)[O-])C(F)=CC3OC)c2c1. The molecule has 1 aliphatic rings. The van der Waals surface area contributed by atoms with Crippen LogP contribution in [-0.4, -0.2) is 47.6 Å². The van der Waals surface area contributed by atoms with Crippen molar-refractivity contribution in [3.8, 4) is 0 Å². The minimum Gasteiger partial charge on any atom is -0.616 e. The number of benzene rings is 1. The van der Waals surface area contributed by atoms with Gasteiger partial charge < -0.3 is 24.6 Å². The molecule has 3 unspecified atom stereocenters. The van der Waals surface area contributed by atoms with E-state index in [0.29, 0.717) is 21.9 Å². The van der Waals surface area contributed by atoms with Crippen molar-refractivity contribution in [2.45, 2.75) is 18.4 Å². The van der Waals surface area contributed by atoms with Gasteiger partial charge >= 0.3 is 0 Å². The second-order valence-electron chi connectivity index (χ2n) is 8.09. The number of aryl methyl sites for hydroxylation is 1. The fourth-order valence-electron chi connectivity index (χ4n) is 4.24. The van der Waals surface area contributed by atoms with Gasteiger partial charge in [0.25, 0.3) is 5.56 Å². The number of halogens is 1. The lowest BCUT2D eigenvalue weighted by molar-refractivity contribution is 0.0913. The predicted molar refractivity (Wildman–Crippen MR) is 129 cm³/mol. The van der Waals surface area contributed by atoms with Crippen LogP contribution in [0.3, 0.4) is 0 Å². The van der Waals surface area contributed by atoms with Crippen molar-refractivity contribution in [1.29, 1.82) is 5.41 Å². The first-order chi connectivity index (χ1) is 15.2. The Hall–Kier alpha value is -2.68. The normalized spacial score (nSPS) is 22.3. The van der Waals surface area contributed by atoms with Gasteiger partial charge in [-0.2, -0.15) is 0 Å². The third-order valence-electron chi connectivity index (χ3n) is 5.83. The molecule has 1 aromatic heterocycles. The molecule has 2 aromatic rings. The van der Waals surface area contributed by atoms with Crippen LogP contribution in [0.5, 0.6) is 0 Å². The van der Waals surface area contributed by atoms with Crippen LogP contribution < -0.4 is 10.9 Å². The molecule has 2 N–H and O–H groups in total. The zero-order valence-corrected chi connectivity index (χ0v) is 19.7. The molecular weight excluding hydrogens is 429 g/mol. The Morgan fingerprint density at radius 3 is 2.75 bits per heavy atom. The van der Waals surface area contributed by atoms with E-state index in [2.05, 4.69) is 5.32 Å². The summed E-state index contributed by atoms with van der Waals surface area (Å²) < 4.78 is 33.8. The Balaban J connectivity index is 2.35. The largest absolute Gasteiger partial charge is 0.616 e. The van der Waals surface area contributed by atoms with E-state index >= 15 is 0 Å². The van der Waals surface area contributed by atoms with Gasteiger partial charge in [0.1, 0.15) is 11.6 Å². The maximum absolute atomic E-state index is 14.7. The van der Waals surface area contributed by atoms with Crippen molar-refractivity contribution in [2.75, 3.05) is 26.2 Å². The van der Waals surface area contributed by atoms with E-state index < -0.39 is 28.5 Å². The first-order valence-corrected chi connectivity index (χ1v) is 11.8. The number of ether oxygens (including phenoxy) is 1. The van der Waals surface area contributed by atoms with E-state index in [1.54, 1.807) is 44.7 Å². The molecule has 0 spiro atoms. The zero-order valence-electron chi connectivity index (χ0n) is 18.9. The van der Waals surface area contributed by atoms with Crippen molar-refractivity contribution < 1.29 is 13.7 Å². The summed E-state index contributed by atoms with van der Waals surface area (Å²) in [5.74, 6) is -0.353. The van der Waals surface area contributed by atoms with E-state index in [4.69, 9.17) is 10.1 Å². The Kier molecular flexibility index (Phi) is 7.07. The topological polar surface area (TPSA) is 90.2 Å². The average molecular weight is 458 g/mol. The predicted octanol–water partition coefficient (Wildman–Crippen LogP) is 3.19. The number of pyridine rings is 1. The van der Waals surface area contributed by atoms with E-state index in [-0.39, 0.29) is 11.3 Å². The molecular formula is C24H28FN3O3S. The van der Waals surface area contributed by atoms with Crippen molar-refractivity contribution in [2.24, 2.45) is 7.05 Å². The fourth-order valence-corrected chi connectivity index (χ4v) is 4.90. The second-order valence-corrected chi connectivity index (χ2v) is 9.53. The van der Waals surface area contributed by atoms with Crippen LogP contribution in [0, 0.1) is 5.41 Å². The summed E-state index contributed by atoms with van der Waals surface area (Å²) in [6, 6.07) is 5.43. The molecule has 0 bridgehead atoms. The molecule has 0 radical (unpaired) electrons. The van der Waals surface area contributed by atoms with Crippen molar-refractivity contribution >= 4 is 33.7 Å². The number of nitrogens with one attached hydrogen (secondary N) is 2. The lowest BCUT2D eigenvalue weighted by Crippen LogP contribution is -2.39. The monoisotopic (exact) mass is 457 g/mol. The highest BCUT2D eigenvalue weighted by molar-refractivity contribution is 7.90. The first kappa shape index (κ1) is 24.0. The lowest BCUT2D eigenvalue weighted by Gasteiger charge is -2.37. The number of allylic oxidation sites excluding steroid dienone is 2. The number of hydrogen-bond acceptors (Lipinski definition) is 5. The van der Waals surface area contributed by atoms with Gasteiger partial charge in [0.2, 0.25) is 0 Å². The van der Waals surface area contributed by atoms with Crippen LogP contribution >= 0.6 is 0 Å². The van der Waals surface area contributed by atoms with Gasteiger partial charge in [-0.25, -0.2) is 4.39 Å². The summed E-state index contributed by atoms with van der Waals surface area (Å²) in [6.07, 6.45) is 8.79. The maximum atomic E-state index is 14.7. The Bertz CT molecular complexity index is 1200. The third-order valence-corrected chi connectivity index (χ3v) is 6.55. The molecule has 1 heterocycles. The highest BCUT2D eigenvalue weighted by atomic mass is 32.2. The molecule has 1 aromatic carbocycles. The van der Waals surface area contributed by atoms with Gasteiger partial charge in [-0.15, -0.1) is 0 Å². The molecule has 0 amide bonds. The van der Waals surface area contributed by atoms with Gasteiger partial charge in [-0.3, -0.25) is 4.79 Å². The molecule has 0 aliphatic heterocycles. The van der Waals surface area contributed by atoms with E-state index in [0.717, 1.165) is 11.1 Å². The van der Waals surface area contributed by atoms with E-state index in [1.807, 2.05) is 13.0 Å². The highest BCUT2D eigenvalue weighted by Gasteiger charge is 2.40. The van der Waals surface area contributed by atoms with Crippen LogP contribution in [0.4, 0.5) is 4.39 Å². The number of hydrogen-bond donors (Lipinski definition) is 2. The van der Waals surface area contributed by atoms with E-state index in [1.165, 1.54) is 30.2 Å². The summed E-state index contributed by atoms with van der Waals surface area (Å²) in [4.78, 5) is 12.9. The second kappa shape index (κ2) is 9.44. The maximum Gasteiger partial charge on any atom is 0.258 e. The summed E-state index contributed by atoms with van der Waals surface area (Å²) in [5, 5.41) is 11.9. The number of methoxy groups -OCH3 is 1. The molecule has 0 saturated carbocycles. The van der Waals surface area contributed by atoms with Crippen LogP contribution in [0.1, 0.15) is 18.1 Å². The molecule has 6 nitrogen and oxygen atoms in total. The quantitative estimate of drug-likeness (QED) is 0.494. The first-order valence-electron chi connectivity index (χ1n) is 10.1. The van der Waals surface area contributed by atoms with Crippen LogP contribution in [-0.2, 0) is 28.4 Å². The van der Waals surface area contributed by atoms with Gasteiger partial charge in [0.05, 0.1) is 12.4 Å². The van der Waals surface area contributed by atoms with Gasteiger partial charge in [-0.05, 0) is 41.6 Å². The summed E-state index contributed by atoms with van der Waals surface area (Å²) in [5.41, 5.74) is 1.58. The zero-order chi connectivity index (χ0) is 23.6. The molecule has 3 atom stereocenters. The molecule has 3 rings (SSSR count). The average Bonchev–Trinajstić information content (AvgIpc) is 2.76. The third kappa shape index (κ3) is 4.30. The van der Waals surface area contributed by atoms with Gasteiger partial charge in [0, 0.05) is 61.8 Å². The fraction of sp³-hybridized carbons (Fsp3) is 0.333. The molecule has 1 aliphatic carbocycles. The molecule has 0 fully saturated rings. The van der Waals surface area contributed by atoms with Crippen LogP contribution in [0.2, 0.25) is 0 Å². The van der Waals surface area contributed by atoms with E-state index in [9.17, 15) is 13.7 Å². The Labute approximate surface area is 190 Å².